The Labute approximate surface area is 146 Å². The fourth-order valence-electron chi connectivity index (χ4n) is 4.35. The number of carbonyl (C=O) groups excluding carboxylic acids is 2. The normalized spacial score (nSPS) is 30.8. The topological polar surface area (TPSA) is 83.1 Å². The summed E-state index contributed by atoms with van der Waals surface area (Å²) in [4.78, 5) is 32.9. The van der Waals surface area contributed by atoms with Crippen molar-refractivity contribution < 1.29 is 19.2 Å². The van der Waals surface area contributed by atoms with E-state index in [9.17, 15) is 9.59 Å². The molecule has 0 aromatic heterocycles. The van der Waals surface area contributed by atoms with E-state index >= 15 is 0 Å². The summed E-state index contributed by atoms with van der Waals surface area (Å²) in [7, 11) is 4.24. The van der Waals surface area contributed by atoms with Gasteiger partial charge in [0.05, 0.1) is 6.17 Å². The number of likely N-dealkylation sites (N-methyl/N-ethyl adjacent to an activating group) is 2. The number of anilines is 1. The molecule has 2 fully saturated rings. The molecule has 2 N–H and O–H groups in total. The van der Waals surface area contributed by atoms with Gasteiger partial charge in [-0.2, -0.15) is 0 Å². The largest absolute Gasteiger partial charge is 0.413 e. The molecule has 25 heavy (non-hydrogen) atoms. The van der Waals surface area contributed by atoms with E-state index in [2.05, 4.69) is 41.6 Å². The van der Waals surface area contributed by atoms with Crippen molar-refractivity contribution in [1.29, 1.82) is 0 Å². The van der Waals surface area contributed by atoms with Crippen molar-refractivity contribution in [3.63, 3.8) is 0 Å². The van der Waals surface area contributed by atoms with Gasteiger partial charge in [-0.05, 0) is 37.2 Å². The van der Waals surface area contributed by atoms with Crippen molar-refractivity contribution in [3.05, 3.63) is 23.8 Å². The van der Waals surface area contributed by atoms with Crippen molar-refractivity contribution in [2.45, 2.75) is 31.0 Å². The van der Waals surface area contributed by atoms with Crippen LogP contribution in [0.4, 0.5) is 10.5 Å². The predicted molar refractivity (Wildman–Crippen MR) is 90.3 cm³/mol. The van der Waals surface area contributed by atoms with E-state index in [0.29, 0.717) is 11.9 Å². The van der Waals surface area contributed by atoms with Crippen LogP contribution in [0.3, 0.4) is 0 Å². The number of amides is 2. The minimum Gasteiger partial charge on any atom is -0.410 e. The fourth-order valence-corrected chi connectivity index (χ4v) is 4.35. The third-order valence-corrected chi connectivity index (χ3v) is 5.54. The van der Waals surface area contributed by atoms with Gasteiger partial charge in [-0.1, -0.05) is 6.92 Å². The van der Waals surface area contributed by atoms with Gasteiger partial charge in [-0.15, -0.1) is 0 Å². The minimum atomic E-state index is -0.724. The number of fused-ring (bicyclic) bond motifs is 3. The highest BCUT2D eigenvalue weighted by Gasteiger charge is 2.52. The van der Waals surface area contributed by atoms with Crippen LogP contribution in [0.15, 0.2) is 18.2 Å². The molecule has 0 aliphatic carbocycles. The molecule has 2 saturated heterocycles. The van der Waals surface area contributed by atoms with Gasteiger partial charge in [0.2, 0.25) is 0 Å². The average Bonchev–Trinajstić information content (AvgIpc) is 3.17. The molecule has 3 heterocycles. The van der Waals surface area contributed by atoms with Crippen LogP contribution >= 0.6 is 0 Å². The Hall–Kier alpha value is -2.32. The zero-order valence-corrected chi connectivity index (χ0v) is 14.5. The highest BCUT2D eigenvalue weighted by Crippen LogP contribution is 2.51. The summed E-state index contributed by atoms with van der Waals surface area (Å²) in [5, 5.41) is 2.50. The molecule has 3 aliphatic rings. The Morgan fingerprint density at radius 2 is 2.24 bits per heavy atom. The molecule has 0 spiro atoms. The van der Waals surface area contributed by atoms with Crippen LogP contribution in [0.2, 0.25) is 0 Å². The number of likely N-dealkylation sites (tertiary alicyclic amines) is 1. The lowest BCUT2D eigenvalue weighted by atomic mass is 9.81. The second kappa shape index (κ2) is 5.60. The molecule has 3 atom stereocenters. The van der Waals surface area contributed by atoms with Crippen molar-refractivity contribution in [3.8, 4) is 5.75 Å². The van der Waals surface area contributed by atoms with Crippen LogP contribution in [0.25, 0.3) is 0 Å². The number of nitrogens with zero attached hydrogens (tertiary/aromatic N) is 2. The van der Waals surface area contributed by atoms with Crippen LogP contribution in [0.1, 0.15) is 18.9 Å². The maximum atomic E-state index is 12.1. The molecule has 0 unspecified atom stereocenters. The van der Waals surface area contributed by atoms with Gasteiger partial charge in [-0.3, -0.25) is 14.5 Å². The lowest BCUT2D eigenvalue weighted by Crippen LogP contribution is -2.45. The zero-order chi connectivity index (χ0) is 17.8. The predicted octanol–water partition coefficient (Wildman–Crippen LogP) is 0.574. The minimum absolute atomic E-state index is 0.00780. The molecule has 0 radical (unpaired) electrons. The molecule has 8 heteroatoms. The van der Waals surface area contributed by atoms with Crippen molar-refractivity contribution >= 4 is 17.7 Å². The fraction of sp³-hybridized carbons (Fsp3) is 0.529. The second-order valence-corrected chi connectivity index (χ2v) is 7.18. The summed E-state index contributed by atoms with van der Waals surface area (Å²) in [6, 6.07) is 4.99. The number of rotatable bonds is 2. The molecule has 1 aromatic rings. The van der Waals surface area contributed by atoms with Crippen LogP contribution in [-0.4, -0.2) is 56.4 Å². The van der Waals surface area contributed by atoms with Gasteiger partial charge >= 0.3 is 6.09 Å². The Morgan fingerprint density at radius 3 is 2.96 bits per heavy atom. The molecule has 4 rings (SSSR count). The Morgan fingerprint density at radius 1 is 1.44 bits per heavy atom. The third-order valence-electron chi connectivity index (χ3n) is 5.54. The van der Waals surface area contributed by atoms with Crippen LogP contribution < -0.4 is 20.4 Å². The quantitative estimate of drug-likeness (QED) is 0.815. The van der Waals surface area contributed by atoms with Gasteiger partial charge in [0.1, 0.15) is 18.4 Å². The van der Waals surface area contributed by atoms with Crippen LogP contribution in [0, 0.1) is 0 Å². The molecular weight excluding hydrogens is 324 g/mol. The summed E-state index contributed by atoms with van der Waals surface area (Å²) in [5.41, 5.74) is 4.55. The summed E-state index contributed by atoms with van der Waals surface area (Å²) in [6.45, 7) is 3.38. The molecule has 1 aromatic carbocycles. The lowest BCUT2D eigenvalue weighted by molar-refractivity contribution is -0.125. The summed E-state index contributed by atoms with van der Waals surface area (Å²) >= 11 is 0. The van der Waals surface area contributed by atoms with Crippen LogP contribution in [-0.2, 0) is 15.0 Å². The zero-order valence-electron chi connectivity index (χ0n) is 14.5. The molecule has 2 amide bonds. The molecule has 3 aliphatic heterocycles. The highest BCUT2D eigenvalue weighted by atomic mass is 16.7. The van der Waals surface area contributed by atoms with E-state index < -0.39 is 12.1 Å². The maximum absolute atomic E-state index is 12.1. The van der Waals surface area contributed by atoms with E-state index in [1.54, 1.807) is 6.07 Å². The Kier molecular flexibility index (Phi) is 3.62. The Bertz CT molecular complexity index is 739. The first-order valence-corrected chi connectivity index (χ1v) is 8.38. The average molecular weight is 346 g/mol. The smallest absolute Gasteiger partial charge is 0.410 e. The van der Waals surface area contributed by atoms with E-state index in [0.717, 1.165) is 18.7 Å². The first-order valence-electron chi connectivity index (χ1n) is 8.38. The van der Waals surface area contributed by atoms with Gasteiger partial charge in [0.15, 0.2) is 0 Å². The number of hydrogen-bond donors (Lipinski definition) is 2. The van der Waals surface area contributed by atoms with Crippen molar-refractivity contribution in [2.75, 3.05) is 32.1 Å². The van der Waals surface area contributed by atoms with Crippen LogP contribution in [0.5, 0.6) is 5.75 Å². The van der Waals surface area contributed by atoms with E-state index in [1.807, 2.05) is 12.1 Å². The second-order valence-electron chi connectivity index (χ2n) is 7.18. The SMILES string of the molecule is CN1CC[C@@]2(C)c3cc(OC(=O)N[C@@H]4CONC4=O)ccc3N(C)[C@@H]12. The van der Waals surface area contributed by atoms with E-state index in [1.165, 1.54) is 5.56 Å². The van der Waals surface area contributed by atoms with E-state index in [4.69, 9.17) is 9.57 Å². The number of hydrogen-bond acceptors (Lipinski definition) is 6. The third kappa shape index (κ3) is 2.44. The molecule has 0 saturated carbocycles. The lowest BCUT2D eigenvalue weighted by Gasteiger charge is -2.32. The van der Waals surface area contributed by atoms with Gasteiger partial charge in [0.25, 0.3) is 5.91 Å². The standard InChI is InChI=1S/C17H22N4O4/c1-17-6-7-20(2)15(17)21(3)13-5-4-10(8-11(13)17)25-16(23)18-12-9-24-19-14(12)22/h4-5,8,12,15H,6-7,9H2,1-3H3,(H,18,23)(H,19,22)/t12-,15-,17+/m1/s1. The number of nitrogens with one attached hydrogen (secondary N) is 2. The number of benzene rings is 1. The first-order chi connectivity index (χ1) is 11.9. The summed E-state index contributed by atoms with van der Waals surface area (Å²) in [6.07, 6.45) is 0.703. The molecule has 134 valence electrons. The maximum Gasteiger partial charge on any atom is 0.413 e. The van der Waals surface area contributed by atoms with Gasteiger partial charge in [0, 0.05) is 24.7 Å². The Balaban J connectivity index is 1.53. The monoisotopic (exact) mass is 346 g/mol. The van der Waals surface area contributed by atoms with Gasteiger partial charge < -0.3 is 15.0 Å². The summed E-state index contributed by atoms with van der Waals surface area (Å²) < 4.78 is 5.39. The molecular formula is C17H22N4O4. The number of ether oxygens (including phenoxy) is 1. The van der Waals surface area contributed by atoms with Crippen molar-refractivity contribution in [2.24, 2.45) is 0 Å². The van der Waals surface area contributed by atoms with E-state index in [-0.39, 0.29) is 17.9 Å². The van der Waals surface area contributed by atoms with Crippen molar-refractivity contribution in [1.82, 2.24) is 15.7 Å². The summed E-state index contributed by atoms with van der Waals surface area (Å²) in [5.74, 6) is 0.0947. The molecule has 8 nitrogen and oxygen atoms in total. The van der Waals surface area contributed by atoms with Gasteiger partial charge in [-0.25, -0.2) is 10.3 Å². The first kappa shape index (κ1) is 16.2. The number of hydroxylamine groups is 1. The molecule has 0 bridgehead atoms. The number of carbonyl (C=O) groups is 2. The highest BCUT2D eigenvalue weighted by molar-refractivity contribution is 5.86.